The zero-order valence-electron chi connectivity index (χ0n) is 8.20. The third-order valence-corrected chi connectivity index (χ3v) is 2.93. The van der Waals surface area contributed by atoms with E-state index in [9.17, 15) is 0 Å². The molecule has 1 aromatic carbocycles. The maximum absolute atomic E-state index is 5.53. The number of nitrogens with one attached hydrogen (secondary N) is 1. The number of aromatic nitrogens is 2. The summed E-state index contributed by atoms with van der Waals surface area (Å²) in [5.41, 5.74) is 7.54. The predicted molar refractivity (Wildman–Crippen MR) is 65.9 cm³/mol. The Morgan fingerprint density at radius 2 is 2.19 bits per heavy atom. The van der Waals surface area contributed by atoms with E-state index in [-0.39, 0.29) is 0 Å². The fourth-order valence-electron chi connectivity index (χ4n) is 1.72. The molecule has 0 aliphatic rings. The minimum Gasteiger partial charge on any atom is -0.381 e. The van der Waals surface area contributed by atoms with Gasteiger partial charge in [-0.3, -0.25) is 0 Å². The first kappa shape index (κ1) is 9.47. The number of fused-ring (bicyclic) bond motifs is 1. The Morgan fingerprint density at radius 3 is 2.94 bits per heavy atom. The quantitative estimate of drug-likeness (QED) is 0.718. The number of aromatic amines is 1. The van der Waals surface area contributed by atoms with E-state index in [4.69, 9.17) is 10.3 Å². The maximum atomic E-state index is 5.53. The van der Waals surface area contributed by atoms with Crippen LogP contribution in [-0.4, -0.2) is 10.1 Å². The highest BCUT2D eigenvalue weighted by molar-refractivity contribution is 9.10. The number of anilines is 1. The molecule has 0 aliphatic carbocycles. The topological polar surface area (TPSA) is 67.8 Å². The van der Waals surface area contributed by atoms with Gasteiger partial charge in [0.25, 0.3) is 0 Å². The smallest absolute Gasteiger partial charge is 0.171 e. The fourth-order valence-corrected chi connectivity index (χ4v) is 2.08. The van der Waals surface area contributed by atoms with Crippen LogP contribution in [0, 0.1) is 0 Å². The van der Waals surface area contributed by atoms with Gasteiger partial charge in [0.2, 0.25) is 0 Å². The number of nitrogen functional groups attached to an aromatic ring is 1. The second kappa shape index (κ2) is 3.38. The van der Waals surface area contributed by atoms with Gasteiger partial charge >= 0.3 is 0 Å². The first-order valence-electron chi connectivity index (χ1n) is 4.73. The van der Waals surface area contributed by atoms with Gasteiger partial charge in [0, 0.05) is 33.2 Å². The van der Waals surface area contributed by atoms with Crippen molar-refractivity contribution in [1.29, 1.82) is 0 Å². The summed E-state index contributed by atoms with van der Waals surface area (Å²) in [5, 5.41) is 4.76. The molecule has 5 heteroatoms. The molecule has 0 amide bonds. The number of hydrogen-bond donors (Lipinski definition) is 2. The molecule has 16 heavy (non-hydrogen) atoms. The van der Waals surface area contributed by atoms with Gasteiger partial charge in [-0.25, -0.2) is 0 Å². The zero-order valence-corrected chi connectivity index (χ0v) is 9.78. The molecule has 0 atom stereocenters. The van der Waals surface area contributed by atoms with Crippen molar-refractivity contribution in [2.45, 2.75) is 0 Å². The van der Waals surface area contributed by atoms with Gasteiger partial charge in [0.15, 0.2) is 11.6 Å². The van der Waals surface area contributed by atoms with E-state index >= 15 is 0 Å². The Labute approximate surface area is 99.6 Å². The number of hydrogen-bond acceptors (Lipinski definition) is 3. The molecule has 3 aromatic rings. The van der Waals surface area contributed by atoms with Crippen molar-refractivity contribution in [2.75, 3.05) is 5.73 Å². The highest BCUT2D eigenvalue weighted by atomic mass is 79.9. The molecule has 2 heterocycles. The second-order valence-corrected chi connectivity index (χ2v) is 4.42. The van der Waals surface area contributed by atoms with Gasteiger partial charge in [0.05, 0.1) is 0 Å². The third kappa shape index (κ3) is 1.40. The van der Waals surface area contributed by atoms with Crippen molar-refractivity contribution in [3.8, 4) is 11.3 Å². The first-order chi connectivity index (χ1) is 7.74. The molecule has 0 fully saturated rings. The number of nitrogens with zero attached hydrogens (tertiary/aromatic N) is 1. The molecule has 2 aromatic heterocycles. The Hall–Kier alpha value is -1.75. The highest BCUT2D eigenvalue weighted by Crippen LogP contribution is 2.30. The minimum absolute atomic E-state index is 0.390. The number of H-pyrrole nitrogens is 1. The summed E-state index contributed by atoms with van der Waals surface area (Å²) in [6, 6.07) is 7.73. The summed E-state index contributed by atoms with van der Waals surface area (Å²) in [5.74, 6) is 1.06. The summed E-state index contributed by atoms with van der Waals surface area (Å²) >= 11 is 3.43. The van der Waals surface area contributed by atoms with Crippen LogP contribution in [-0.2, 0) is 0 Å². The van der Waals surface area contributed by atoms with E-state index in [2.05, 4.69) is 26.1 Å². The number of nitrogens with two attached hydrogens (primary N) is 1. The van der Waals surface area contributed by atoms with E-state index in [0.29, 0.717) is 11.6 Å². The molecule has 0 unspecified atom stereocenters. The molecule has 4 nitrogen and oxygen atoms in total. The van der Waals surface area contributed by atoms with Gasteiger partial charge in [-0.1, -0.05) is 27.2 Å². The SMILES string of the molecule is Nc1cc(-c2c[nH]c3cc(Br)ccc23)on1. The normalized spacial score (nSPS) is 11.1. The lowest BCUT2D eigenvalue weighted by molar-refractivity contribution is 0.436. The molecule has 0 saturated carbocycles. The Balaban J connectivity index is 2.25. The first-order valence-corrected chi connectivity index (χ1v) is 5.52. The number of halogens is 1. The number of rotatable bonds is 1. The van der Waals surface area contributed by atoms with Crippen molar-refractivity contribution in [1.82, 2.24) is 10.1 Å². The predicted octanol–water partition coefficient (Wildman–Crippen LogP) is 3.17. The molecule has 80 valence electrons. The highest BCUT2D eigenvalue weighted by Gasteiger charge is 2.10. The van der Waals surface area contributed by atoms with Gasteiger partial charge in [-0.15, -0.1) is 0 Å². The molecule has 0 bridgehead atoms. The van der Waals surface area contributed by atoms with Crippen LogP contribution in [0.4, 0.5) is 5.82 Å². The van der Waals surface area contributed by atoms with Crippen LogP contribution < -0.4 is 5.73 Å². The van der Waals surface area contributed by atoms with E-state index in [1.807, 2.05) is 24.4 Å². The summed E-state index contributed by atoms with van der Waals surface area (Å²) < 4.78 is 6.17. The summed E-state index contributed by atoms with van der Waals surface area (Å²) in [6.07, 6.45) is 1.89. The van der Waals surface area contributed by atoms with E-state index in [1.165, 1.54) is 0 Å². The van der Waals surface area contributed by atoms with Crippen LogP contribution in [0.25, 0.3) is 22.2 Å². The largest absolute Gasteiger partial charge is 0.381 e. The van der Waals surface area contributed by atoms with Crippen LogP contribution in [0.1, 0.15) is 0 Å². The lowest BCUT2D eigenvalue weighted by Crippen LogP contribution is -1.79. The molecular formula is C11H8BrN3O. The minimum atomic E-state index is 0.390. The summed E-state index contributed by atoms with van der Waals surface area (Å²) in [4.78, 5) is 3.18. The molecule has 0 saturated heterocycles. The average Bonchev–Trinajstić information content (AvgIpc) is 2.83. The fraction of sp³-hybridized carbons (Fsp3) is 0. The average molecular weight is 278 g/mol. The van der Waals surface area contributed by atoms with Crippen LogP contribution >= 0.6 is 15.9 Å². The van der Waals surface area contributed by atoms with Crippen LogP contribution in [0.3, 0.4) is 0 Å². The molecular weight excluding hydrogens is 270 g/mol. The second-order valence-electron chi connectivity index (χ2n) is 3.51. The lowest BCUT2D eigenvalue weighted by atomic mass is 10.1. The van der Waals surface area contributed by atoms with Gasteiger partial charge < -0.3 is 15.2 Å². The van der Waals surface area contributed by atoms with E-state index < -0.39 is 0 Å². The van der Waals surface area contributed by atoms with Crippen LogP contribution in [0.15, 0.2) is 39.5 Å². The lowest BCUT2D eigenvalue weighted by Gasteiger charge is -1.93. The van der Waals surface area contributed by atoms with Crippen molar-refractivity contribution in [2.24, 2.45) is 0 Å². The molecule has 0 spiro atoms. The summed E-state index contributed by atoms with van der Waals surface area (Å²) in [7, 11) is 0. The molecule has 3 rings (SSSR count). The molecule has 0 radical (unpaired) electrons. The van der Waals surface area contributed by atoms with Gasteiger partial charge in [-0.05, 0) is 12.1 Å². The monoisotopic (exact) mass is 277 g/mol. The van der Waals surface area contributed by atoms with Crippen molar-refractivity contribution < 1.29 is 4.52 Å². The standard InChI is InChI=1S/C11H8BrN3O/c12-6-1-2-7-8(5-14-9(7)3-6)10-4-11(13)15-16-10/h1-5,14H,(H2,13,15). The summed E-state index contributed by atoms with van der Waals surface area (Å²) in [6.45, 7) is 0. The Kier molecular flexibility index (Phi) is 2.00. The molecule has 0 aliphatic heterocycles. The Bertz CT molecular complexity index is 656. The van der Waals surface area contributed by atoms with Gasteiger partial charge in [0.1, 0.15) is 0 Å². The third-order valence-electron chi connectivity index (χ3n) is 2.44. The van der Waals surface area contributed by atoms with Crippen molar-refractivity contribution in [3.05, 3.63) is 34.9 Å². The van der Waals surface area contributed by atoms with E-state index in [0.717, 1.165) is 20.9 Å². The van der Waals surface area contributed by atoms with Crippen molar-refractivity contribution in [3.63, 3.8) is 0 Å². The zero-order chi connectivity index (χ0) is 11.1. The van der Waals surface area contributed by atoms with Crippen LogP contribution in [0.5, 0.6) is 0 Å². The number of benzene rings is 1. The Morgan fingerprint density at radius 1 is 1.31 bits per heavy atom. The van der Waals surface area contributed by atoms with Crippen molar-refractivity contribution >= 4 is 32.7 Å². The van der Waals surface area contributed by atoms with Crippen LogP contribution in [0.2, 0.25) is 0 Å². The van der Waals surface area contributed by atoms with Gasteiger partial charge in [-0.2, -0.15) is 0 Å². The molecule has 3 N–H and O–H groups in total. The van der Waals surface area contributed by atoms with E-state index in [1.54, 1.807) is 6.07 Å². The maximum Gasteiger partial charge on any atom is 0.171 e.